The van der Waals surface area contributed by atoms with E-state index in [1.54, 1.807) is 0 Å². The first kappa shape index (κ1) is 35.5. The van der Waals surface area contributed by atoms with Crippen molar-refractivity contribution in [2.75, 3.05) is 40.9 Å². The average Bonchev–Trinajstić information content (AvgIpc) is 2.78. The fraction of sp³-hybridized carbons (Fsp3) is 0.964. The van der Waals surface area contributed by atoms with E-state index >= 15 is 0 Å². The molecule has 0 N–H and O–H groups in total. The van der Waals surface area contributed by atoms with Gasteiger partial charge in [0, 0.05) is 6.92 Å². The average molecular weight is 536 g/mol. The normalized spacial score (nSPS) is 14.5. The second kappa shape index (κ2) is 22.5. The number of carbonyl (C=O) groups excluding carboxylic acids is 1. The maximum absolute atomic E-state index is 12.0. The van der Waals surface area contributed by atoms with Crippen molar-refractivity contribution in [3.05, 3.63) is 0 Å². The van der Waals surface area contributed by atoms with Gasteiger partial charge in [-0.25, -0.2) is 0 Å². The molecule has 0 rings (SSSR count). The lowest BCUT2D eigenvalue weighted by Gasteiger charge is -2.26. The third kappa shape index (κ3) is 26.6. The van der Waals surface area contributed by atoms with Crippen molar-refractivity contribution in [1.82, 2.24) is 0 Å². The predicted molar refractivity (Wildman–Crippen MR) is 147 cm³/mol. The second-order valence-electron chi connectivity index (χ2n) is 11.3. The van der Waals surface area contributed by atoms with Gasteiger partial charge in [-0.1, -0.05) is 96.8 Å². The molecular formula is C28H58NO6P. The summed E-state index contributed by atoms with van der Waals surface area (Å²) in [7, 11) is 1.89. The van der Waals surface area contributed by atoms with E-state index in [0.29, 0.717) is 12.8 Å². The van der Waals surface area contributed by atoms with Crippen molar-refractivity contribution in [2.24, 2.45) is 0 Å². The third-order valence-corrected chi connectivity index (χ3v) is 7.32. The lowest BCUT2D eigenvalue weighted by atomic mass is 10.0. The molecule has 0 saturated heterocycles. The summed E-state index contributed by atoms with van der Waals surface area (Å²) in [5.74, 6) is -0.425. The number of hydrogen-bond acceptors (Lipinski definition) is 6. The summed E-state index contributed by atoms with van der Waals surface area (Å²) < 4.78 is 28.1. The summed E-state index contributed by atoms with van der Waals surface area (Å²) in [6.45, 7) is 4.47. The third-order valence-electron chi connectivity index (χ3n) is 6.35. The Kier molecular flexibility index (Phi) is 22.2. The van der Waals surface area contributed by atoms with Gasteiger partial charge in [0.25, 0.3) is 7.82 Å². The molecule has 0 aromatic carbocycles. The highest BCUT2D eigenvalue weighted by Crippen LogP contribution is 2.38. The quantitative estimate of drug-likeness (QED) is 0.0505. The fourth-order valence-corrected chi connectivity index (χ4v) is 5.01. The highest BCUT2D eigenvalue weighted by atomic mass is 31.2. The Labute approximate surface area is 222 Å². The van der Waals surface area contributed by atoms with Crippen molar-refractivity contribution >= 4 is 13.8 Å². The van der Waals surface area contributed by atoms with E-state index < -0.39 is 19.9 Å². The molecule has 2 unspecified atom stereocenters. The van der Waals surface area contributed by atoms with Gasteiger partial charge >= 0.3 is 5.97 Å². The van der Waals surface area contributed by atoms with Gasteiger partial charge in [-0.05, 0) is 25.7 Å². The molecule has 0 aliphatic carbocycles. The number of hydrogen-bond donors (Lipinski definition) is 0. The molecule has 0 aliphatic rings. The highest BCUT2D eigenvalue weighted by molar-refractivity contribution is 7.45. The van der Waals surface area contributed by atoms with Gasteiger partial charge in [0.15, 0.2) is 0 Å². The minimum Gasteiger partial charge on any atom is -0.756 e. The van der Waals surface area contributed by atoms with E-state index in [1.165, 1.54) is 84.0 Å². The monoisotopic (exact) mass is 535 g/mol. The number of ether oxygens (including phenoxy) is 1. The maximum atomic E-state index is 12.0. The Balaban J connectivity index is 3.83. The van der Waals surface area contributed by atoms with Crippen molar-refractivity contribution in [3.8, 4) is 0 Å². The first-order valence-corrected chi connectivity index (χ1v) is 16.1. The van der Waals surface area contributed by atoms with Crippen molar-refractivity contribution in [2.45, 2.75) is 136 Å². The molecule has 0 heterocycles. The van der Waals surface area contributed by atoms with Crippen LogP contribution in [0.5, 0.6) is 0 Å². The van der Waals surface area contributed by atoms with Crippen LogP contribution in [-0.2, 0) is 23.1 Å². The standard InChI is InChI=1S/C28H58NO6P/c1-6-7-8-9-10-11-12-13-14-15-16-17-18-19-20-23-28(35-27(2)30)26-34-36(31,32)33-25-22-21-24-29(3,4)5/h28H,6-26H2,1-5H3. The molecule has 0 aromatic rings. The summed E-state index contributed by atoms with van der Waals surface area (Å²) in [4.78, 5) is 23.4. The van der Waals surface area contributed by atoms with Gasteiger partial charge in [-0.15, -0.1) is 0 Å². The van der Waals surface area contributed by atoms with E-state index in [9.17, 15) is 14.3 Å². The Bertz CT molecular complexity index is 567. The SMILES string of the molecule is CCCCCCCCCCCCCCCCCC(COP(=O)([O-])OCCCC[N+](C)(C)C)OC(C)=O. The van der Waals surface area contributed by atoms with E-state index in [4.69, 9.17) is 13.8 Å². The van der Waals surface area contributed by atoms with Crippen LogP contribution in [0, 0.1) is 0 Å². The summed E-state index contributed by atoms with van der Waals surface area (Å²) in [6.07, 6.45) is 20.8. The Morgan fingerprint density at radius 2 is 1.22 bits per heavy atom. The van der Waals surface area contributed by atoms with Crippen LogP contribution in [0.25, 0.3) is 0 Å². The Morgan fingerprint density at radius 1 is 0.750 bits per heavy atom. The number of esters is 1. The summed E-state index contributed by atoms with van der Waals surface area (Å²) >= 11 is 0. The summed E-state index contributed by atoms with van der Waals surface area (Å²) in [6, 6.07) is 0. The van der Waals surface area contributed by atoms with Gasteiger partial charge in [-0.3, -0.25) is 9.36 Å². The molecule has 7 nitrogen and oxygen atoms in total. The van der Waals surface area contributed by atoms with Crippen LogP contribution in [0.4, 0.5) is 0 Å². The molecule has 0 aliphatic heterocycles. The van der Waals surface area contributed by atoms with Crippen molar-refractivity contribution in [3.63, 3.8) is 0 Å². The lowest BCUT2D eigenvalue weighted by molar-refractivity contribution is -0.870. The molecule has 0 aromatic heterocycles. The van der Waals surface area contributed by atoms with E-state index in [2.05, 4.69) is 28.1 Å². The van der Waals surface area contributed by atoms with Crippen LogP contribution < -0.4 is 4.89 Å². The number of quaternary nitrogens is 1. The van der Waals surface area contributed by atoms with E-state index in [1.807, 2.05) is 0 Å². The predicted octanol–water partition coefficient (Wildman–Crippen LogP) is 7.17. The summed E-state index contributed by atoms with van der Waals surface area (Å²) in [5.41, 5.74) is 0. The van der Waals surface area contributed by atoms with Crippen LogP contribution >= 0.6 is 7.82 Å². The van der Waals surface area contributed by atoms with Crippen LogP contribution in [0.1, 0.15) is 129 Å². The topological polar surface area (TPSA) is 84.9 Å². The highest BCUT2D eigenvalue weighted by Gasteiger charge is 2.17. The molecule has 0 bridgehead atoms. The second-order valence-corrected chi connectivity index (χ2v) is 12.7. The molecule has 216 valence electrons. The smallest absolute Gasteiger partial charge is 0.302 e. The van der Waals surface area contributed by atoms with Gasteiger partial charge in [0.2, 0.25) is 0 Å². The van der Waals surface area contributed by atoms with Crippen LogP contribution in [0.2, 0.25) is 0 Å². The summed E-state index contributed by atoms with van der Waals surface area (Å²) in [5, 5.41) is 0. The number of rotatable bonds is 26. The number of nitrogens with zero attached hydrogens (tertiary/aromatic N) is 1. The van der Waals surface area contributed by atoms with E-state index in [-0.39, 0.29) is 13.2 Å². The zero-order valence-electron chi connectivity index (χ0n) is 24.3. The first-order valence-electron chi connectivity index (χ1n) is 14.6. The van der Waals surface area contributed by atoms with Crippen molar-refractivity contribution in [1.29, 1.82) is 0 Å². The molecule has 8 heteroatoms. The molecule has 2 atom stereocenters. The molecule has 0 amide bonds. The van der Waals surface area contributed by atoms with Crippen LogP contribution in [0.15, 0.2) is 0 Å². The fourth-order valence-electron chi connectivity index (χ4n) is 4.23. The molecule has 0 fully saturated rings. The van der Waals surface area contributed by atoms with Gasteiger partial charge in [0.1, 0.15) is 6.10 Å². The van der Waals surface area contributed by atoms with Gasteiger partial charge < -0.3 is 23.2 Å². The number of phosphoric ester groups is 1. The number of unbranched alkanes of at least 4 members (excludes halogenated alkanes) is 15. The largest absolute Gasteiger partial charge is 0.756 e. The van der Waals surface area contributed by atoms with Gasteiger partial charge in [-0.2, -0.15) is 0 Å². The molecule has 0 spiro atoms. The van der Waals surface area contributed by atoms with Gasteiger partial charge in [0.05, 0.1) is 40.9 Å². The van der Waals surface area contributed by atoms with Crippen LogP contribution in [0.3, 0.4) is 0 Å². The zero-order chi connectivity index (χ0) is 27.1. The maximum Gasteiger partial charge on any atom is 0.302 e. The van der Waals surface area contributed by atoms with E-state index in [0.717, 1.165) is 36.7 Å². The lowest BCUT2D eigenvalue weighted by Crippen LogP contribution is -2.35. The minimum atomic E-state index is -4.39. The van der Waals surface area contributed by atoms with Crippen molar-refractivity contribution < 1.29 is 32.5 Å². The number of carbonyl (C=O) groups is 1. The first-order chi connectivity index (χ1) is 17.1. The zero-order valence-corrected chi connectivity index (χ0v) is 25.2. The number of phosphoric acid groups is 1. The minimum absolute atomic E-state index is 0.109. The Hall–Kier alpha value is -0.460. The molecule has 0 saturated carbocycles. The molecule has 0 radical (unpaired) electrons. The Morgan fingerprint density at radius 3 is 1.67 bits per heavy atom. The van der Waals surface area contributed by atoms with Crippen LogP contribution in [-0.4, -0.2) is 57.5 Å². The molecule has 36 heavy (non-hydrogen) atoms. The molecular weight excluding hydrogens is 477 g/mol.